The summed E-state index contributed by atoms with van der Waals surface area (Å²) in [6.45, 7) is 0.695. The summed E-state index contributed by atoms with van der Waals surface area (Å²) in [6.07, 6.45) is -0.0984. The molecule has 1 rings (SSSR count). The van der Waals surface area contributed by atoms with Crippen molar-refractivity contribution >= 4 is 0 Å². The molecule has 0 amide bonds. The average molecular weight is 133 g/mol. The molecule has 9 heavy (non-hydrogen) atoms. The lowest BCUT2D eigenvalue weighted by Crippen LogP contribution is -2.23. The number of nitrogens with one attached hydrogen (secondary N) is 1. The quantitative estimate of drug-likeness (QED) is 0.478. The molecular weight excluding hydrogens is 122 g/mol. The van der Waals surface area contributed by atoms with Crippen molar-refractivity contribution in [3.8, 4) is 0 Å². The van der Waals surface area contributed by atoms with Gasteiger partial charge in [0.15, 0.2) is 12.5 Å². The summed E-state index contributed by atoms with van der Waals surface area (Å²) in [5.41, 5.74) is 0. The van der Waals surface area contributed by atoms with E-state index in [1.165, 1.54) is 0 Å². The summed E-state index contributed by atoms with van der Waals surface area (Å²) < 4.78 is 9.73. The van der Waals surface area contributed by atoms with Crippen molar-refractivity contribution in [2.45, 2.75) is 12.5 Å². The Kier molecular flexibility index (Phi) is 2.41. The number of aliphatic hydroxyl groups is 1. The van der Waals surface area contributed by atoms with Crippen molar-refractivity contribution in [3.05, 3.63) is 0 Å². The topological polar surface area (TPSA) is 54.0 Å². The van der Waals surface area contributed by atoms with Crippen LogP contribution in [-0.2, 0) is 9.47 Å². The number of hydrogen-bond acceptors (Lipinski definition) is 4. The lowest BCUT2D eigenvalue weighted by Gasteiger charge is -1.93. The van der Waals surface area contributed by atoms with E-state index in [0.29, 0.717) is 6.54 Å². The molecule has 1 heterocycles. The van der Waals surface area contributed by atoms with Crippen molar-refractivity contribution in [1.29, 1.82) is 0 Å². The summed E-state index contributed by atoms with van der Waals surface area (Å²) in [5, 5.41) is 11.3. The SMILES string of the molecule is COC1OC1NCCO. The Bertz CT molecular complexity index is 88.3. The van der Waals surface area contributed by atoms with Crippen LogP contribution < -0.4 is 5.32 Å². The van der Waals surface area contributed by atoms with Gasteiger partial charge in [-0.15, -0.1) is 0 Å². The van der Waals surface area contributed by atoms with Crippen LogP contribution in [0.4, 0.5) is 0 Å². The van der Waals surface area contributed by atoms with Gasteiger partial charge in [0, 0.05) is 13.7 Å². The Hall–Kier alpha value is -0.160. The predicted molar refractivity (Wildman–Crippen MR) is 30.8 cm³/mol. The molecule has 0 aromatic heterocycles. The van der Waals surface area contributed by atoms with E-state index in [9.17, 15) is 0 Å². The first-order valence-corrected chi connectivity index (χ1v) is 2.91. The van der Waals surface area contributed by atoms with Crippen LogP contribution >= 0.6 is 0 Å². The molecule has 0 spiro atoms. The molecule has 0 bridgehead atoms. The maximum absolute atomic E-state index is 8.34. The van der Waals surface area contributed by atoms with Gasteiger partial charge in [-0.1, -0.05) is 0 Å². The zero-order valence-corrected chi connectivity index (χ0v) is 5.33. The molecular formula is C5H11NO3. The van der Waals surface area contributed by atoms with Crippen molar-refractivity contribution in [2.24, 2.45) is 0 Å². The smallest absolute Gasteiger partial charge is 0.199 e. The highest BCUT2D eigenvalue weighted by Gasteiger charge is 2.38. The lowest BCUT2D eigenvalue weighted by atomic mass is 10.6. The molecule has 0 aromatic rings. The van der Waals surface area contributed by atoms with Crippen molar-refractivity contribution in [2.75, 3.05) is 20.3 Å². The predicted octanol–water partition coefficient (Wildman–Crippen LogP) is -1.10. The normalized spacial score (nSPS) is 32.7. The molecule has 2 atom stereocenters. The number of aliphatic hydroxyl groups excluding tert-OH is 1. The summed E-state index contributed by atoms with van der Waals surface area (Å²) in [7, 11) is 1.59. The number of epoxide rings is 1. The number of methoxy groups -OCH3 is 1. The van der Waals surface area contributed by atoms with E-state index in [2.05, 4.69) is 5.32 Å². The summed E-state index contributed by atoms with van der Waals surface area (Å²) in [4.78, 5) is 0. The summed E-state index contributed by atoms with van der Waals surface area (Å²) in [6, 6.07) is 0. The first-order chi connectivity index (χ1) is 4.38. The van der Waals surface area contributed by atoms with Crippen molar-refractivity contribution in [1.82, 2.24) is 5.32 Å². The van der Waals surface area contributed by atoms with Gasteiger partial charge in [0.1, 0.15) is 0 Å². The molecule has 0 saturated carbocycles. The third-order valence-electron chi connectivity index (χ3n) is 1.14. The van der Waals surface area contributed by atoms with E-state index in [0.717, 1.165) is 0 Å². The molecule has 2 N–H and O–H groups in total. The van der Waals surface area contributed by atoms with Crippen LogP contribution in [0.15, 0.2) is 0 Å². The second-order valence-electron chi connectivity index (χ2n) is 1.84. The average Bonchev–Trinajstić information content (AvgIpc) is 2.62. The van der Waals surface area contributed by atoms with Crippen LogP contribution in [0.3, 0.4) is 0 Å². The van der Waals surface area contributed by atoms with Crippen LogP contribution in [0.2, 0.25) is 0 Å². The maximum Gasteiger partial charge on any atom is 0.199 e. The molecule has 4 nitrogen and oxygen atoms in total. The first-order valence-electron chi connectivity index (χ1n) is 2.91. The third kappa shape index (κ3) is 1.91. The highest BCUT2D eigenvalue weighted by molar-refractivity contribution is 4.72. The van der Waals surface area contributed by atoms with Gasteiger partial charge < -0.3 is 14.6 Å². The van der Waals surface area contributed by atoms with Gasteiger partial charge in [0.05, 0.1) is 6.61 Å². The maximum atomic E-state index is 8.34. The Morgan fingerprint density at radius 3 is 3.00 bits per heavy atom. The molecule has 1 aliphatic heterocycles. The van der Waals surface area contributed by atoms with Crippen LogP contribution in [-0.4, -0.2) is 37.9 Å². The highest BCUT2D eigenvalue weighted by Crippen LogP contribution is 2.18. The van der Waals surface area contributed by atoms with Gasteiger partial charge in [-0.05, 0) is 0 Å². The van der Waals surface area contributed by atoms with E-state index in [1.54, 1.807) is 7.11 Å². The fraction of sp³-hybridized carbons (Fsp3) is 1.00. The largest absolute Gasteiger partial charge is 0.395 e. The fourth-order valence-electron chi connectivity index (χ4n) is 0.629. The van der Waals surface area contributed by atoms with Crippen LogP contribution in [0, 0.1) is 0 Å². The van der Waals surface area contributed by atoms with E-state index >= 15 is 0 Å². The minimum atomic E-state index is -0.100. The highest BCUT2D eigenvalue weighted by atomic mass is 16.8. The molecule has 1 aliphatic rings. The lowest BCUT2D eigenvalue weighted by molar-refractivity contribution is 0.0950. The molecule has 0 radical (unpaired) electrons. The molecule has 4 heteroatoms. The second kappa shape index (κ2) is 3.12. The van der Waals surface area contributed by atoms with Crippen molar-refractivity contribution < 1.29 is 14.6 Å². The van der Waals surface area contributed by atoms with Crippen LogP contribution in [0.25, 0.3) is 0 Å². The summed E-state index contributed by atoms with van der Waals surface area (Å²) in [5.74, 6) is 0. The fourth-order valence-corrected chi connectivity index (χ4v) is 0.629. The first kappa shape index (κ1) is 6.95. The zero-order valence-electron chi connectivity index (χ0n) is 5.33. The molecule has 1 fully saturated rings. The minimum absolute atomic E-state index is 0.00199. The Morgan fingerprint density at radius 1 is 1.78 bits per heavy atom. The molecule has 0 aromatic carbocycles. The number of rotatable bonds is 4. The van der Waals surface area contributed by atoms with Gasteiger partial charge in [-0.25, -0.2) is 0 Å². The standard InChI is InChI=1S/C5H11NO3/c1-8-5-4(9-5)6-2-3-7/h4-7H,2-3H2,1H3. The van der Waals surface area contributed by atoms with E-state index in [-0.39, 0.29) is 19.1 Å². The van der Waals surface area contributed by atoms with E-state index in [4.69, 9.17) is 14.6 Å². The molecule has 2 unspecified atom stereocenters. The van der Waals surface area contributed by atoms with Gasteiger partial charge in [0.25, 0.3) is 0 Å². The summed E-state index contributed by atoms with van der Waals surface area (Å²) >= 11 is 0. The molecule has 54 valence electrons. The second-order valence-corrected chi connectivity index (χ2v) is 1.84. The molecule has 1 saturated heterocycles. The van der Waals surface area contributed by atoms with Crippen LogP contribution in [0.5, 0.6) is 0 Å². The third-order valence-corrected chi connectivity index (χ3v) is 1.14. The van der Waals surface area contributed by atoms with Crippen LogP contribution in [0.1, 0.15) is 0 Å². The Labute approximate surface area is 53.8 Å². The van der Waals surface area contributed by atoms with Gasteiger partial charge in [-0.3, -0.25) is 5.32 Å². The Morgan fingerprint density at radius 2 is 2.56 bits per heavy atom. The zero-order chi connectivity index (χ0) is 6.69. The van der Waals surface area contributed by atoms with E-state index < -0.39 is 0 Å². The molecule has 0 aliphatic carbocycles. The van der Waals surface area contributed by atoms with E-state index in [1.807, 2.05) is 0 Å². The Balaban J connectivity index is 1.92. The van der Waals surface area contributed by atoms with Gasteiger partial charge in [0.2, 0.25) is 0 Å². The van der Waals surface area contributed by atoms with Gasteiger partial charge in [-0.2, -0.15) is 0 Å². The number of ether oxygens (including phenoxy) is 2. The van der Waals surface area contributed by atoms with Crippen molar-refractivity contribution in [3.63, 3.8) is 0 Å². The minimum Gasteiger partial charge on any atom is -0.395 e. The monoisotopic (exact) mass is 133 g/mol. The number of hydrogen-bond donors (Lipinski definition) is 2. The van der Waals surface area contributed by atoms with Gasteiger partial charge >= 0.3 is 0 Å².